The van der Waals surface area contributed by atoms with Gasteiger partial charge in [0.1, 0.15) is 5.75 Å². The topological polar surface area (TPSA) is 63.1 Å². The van der Waals surface area contributed by atoms with E-state index >= 15 is 0 Å². The Bertz CT molecular complexity index is 799. The summed E-state index contributed by atoms with van der Waals surface area (Å²) in [7, 11) is 3.22. The summed E-state index contributed by atoms with van der Waals surface area (Å²) in [6, 6.07) is 9.61. The third-order valence-corrected chi connectivity index (χ3v) is 4.53. The van der Waals surface area contributed by atoms with E-state index in [1.165, 1.54) is 12.7 Å². The van der Waals surface area contributed by atoms with E-state index in [1.807, 2.05) is 12.1 Å². The summed E-state index contributed by atoms with van der Waals surface area (Å²) in [6.07, 6.45) is 0.747. The normalized spacial score (nSPS) is 16.5. The third kappa shape index (κ3) is 2.89. The molecule has 0 fully saturated rings. The predicted molar refractivity (Wildman–Crippen MR) is 94.2 cm³/mol. The van der Waals surface area contributed by atoms with Gasteiger partial charge in [0.05, 0.1) is 26.0 Å². The molecule has 2 N–H and O–H groups in total. The van der Waals surface area contributed by atoms with Crippen LogP contribution in [0.25, 0.3) is 0 Å². The minimum absolute atomic E-state index is 0.0319. The number of ether oxygens (including phenoxy) is 2. The highest BCUT2D eigenvalue weighted by molar-refractivity contribution is 6.02. The van der Waals surface area contributed by atoms with E-state index in [2.05, 4.69) is 30.4 Å². The Labute approximate surface area is 141 Å². The lowest BCUT2D eigenvalue weighted by atomic mass is 9.96. The maximum atomic E-state index is 9.96. The van der Waals surface area contributed by atoms with Gasteiger partial charge in [-0.3, -0.25) is 0 Å². The molecule has 5 heteroatoms. The SMILES string of the molecule is COc1ccc(C2CC(c3cc(C)c(C)c(OC)c3)=NN2)cc1O. The average Bonchev–Trinajstić information content (AvgIpc) is 3.07. The Kier molecular flexibility index (Phi) is 4.34. The summed E-state index contributed by atoms with van der Waals surface area (Å²) < 4.78 is 10.5. The molecule has 0 spiro atoms. The van der Waals surface area contributed by atoms with Gasteiger partial charge in [0.25, 0.3) is 0 Å². The van der Waals surface area contributed by atoms with Crippen LogP contribution < -0.4 is 14.9 Å². The standard InChI is InChI=1S/C19H22N2O3/c1-11-7-14(9-19(24-4)12(11)2)16-10-15(20-21-16)13-5-6-18(23-3)17(22)8-13/h5-9,15,20,22H,10H2,1-4H3. The molecule has 0 amide bonds. The molecule has 1 unspecified atom stereocenters. The molecule has 2 aromatic carbocycles. The molecule has 1 aliphatic heterocycles. The van der Waals surface area contributed by atoms with Crippen molar-refractivity contribution in [2.24, 2.45) is 5.10 Å². The van der Waals surface area contributed by atoms with E-state index in [1.54, 1.807) is 19.2 Å². The van der Waals surface area contributed by atoms with Gasteiger partial charge in [0, 0.05) is 12.0 Å². The molecule has 0 radical (unpaired) electrons. The van der Waals surface area contributed by atoms with E-state index in [0.717, 1.165) is 34.6 Å². The second-order valence-corrected chi connectivity index (χ2v) is 6.00. The molecule has 1 atom stereocenters. The van der Waals surface area contributed by atoms with Crippen LogP contribution in [0, 0.1) is 13.8 Å². The number of nitrogens with zero attached hydrogens (tertiary/aromatic N) is 1. The van der Waals surface area contributed by atoms with Gasteiger partial charge in [0.15, 0.2) is 11.5 Å². The molecule has 1 aliphatic rings. The number of methoxy groups -OCH3 is 2. The zero-order chi connectivity index (χ0) is 17.3. The van der Waals surface area contributed by atoms with E-state index < -0.39 is 0 Å². The third-order valence-electron chi connectivity index (χ3n) is 4.53. The van der Waals surface area contributed by atoms with E-state index in [4.69, 9.17) is 9.47 Å². The van der Waals surface area contributed by atoms with Crippen molar-refractivity contribution in [1.29, 1.82) is 0 Å². The van der Waals surface area contributed by atoms with Crippen LogP contribution >= 0.6 is 0 Å². The van der Waals surface area contributed by atoms with Crippen LogP contribution in [0.4, 0.5) is 0 Å². The summed E-state index contributed by atoms with van der Waals surface area (Å²) in [4.78, 5) is 0. The van der Waals surface area contributed by atoms with Gasteiger partial charge in [-0.2, -0.15) is 5.10 Å². The average molecular weight is 326 g/mol. The smallest absolute Gasteiger partial charge is 0.160 e. The molecular weight excluding hydrogens is 304 g/mol. The number of hydrogen-bond donors (Lipinski definition) is 2. The molecule has 126 valence electrons. The maximum Gasteiger partial charge on any atom is 0.160 e. The predicted octanol–water partition coefficient (Wildman–Crippen LogP) is 3.46. The molecule has 24 heavy (non-hydrogen) atoms. The summed E-state index contributed by atoms with van der Waals surface area (Å²) >= 11 is 0. The van der Waals surface area contributed by atoms with Gasteiger partial charge in [0.2, 0.25) is 0 Å². The number of nitrogens with one attached hydrogen (secondary N) is 1. The molecule has 0 bridgehead atoms. The Balaban J connectivity index is 1.83. The van der Waals surface area contributed by atoms with E-state index in [0.29, 0.717) is 5.75 Å². The van der Waals surface area contributed by atoms with Crippen LogP contribution in [0.15, 0.2) is 35.4 Å². The first-order chi connectivity index (χ1) is 11.5. The van der Waals surface area contributed by atoms with Crippen LogP contribution in [-0.2, 0) is 0 Å². The largest absolute Gasteiger partial charge is 0.504 e. The number of hydrogen-bond acceptors (Lipinski definition) is 5. The van der Waals surface area contributed by atoms with Gasteiger partial charge in [-0.05, 0) is 54.8 Å². The van der Waals surface area contributed by atoms with Gasteiger partial charge in [-0.1, -0.05) is 6.07 Å². The molecule has 5 nitrogen and oxygen atoms in total. The zero-order valence-electron chi connectivity index (χ0n) is 14.4. The van der Waals surface area contributed by atoms with Crippen molar-refractivity contribution >= 4 is 5.71 Å². The van der Waals surface area contributed by atoms with E-state index in [-0.39, 0.29) is 11.8 Å². The van der Waals surface area contributed by atoms with Crippen molar-refractivity contribution in [3.63, 3.8) is 0 Å². The molecule has 3 rings (SSSR count). The van der Waals surface area contributed by atoms with Crippen LogP contribution in [0.5, 0.6) is 17.2 Å². The van der Waals surface area contributed by atoms with Crippen LogP contribution in [0.1, 0.15) is 34.7 Å². The van der Waals surface area contributed by atoms with Crippen molar-refractivity contribution in [2.45, 2.75) is 26.3 Å². The molecule has 0 aromatic heterocycles. The Morgan fingerprint density at radius 3 is 2.50 bits per heavy atom. The first-order valence-corrected chi connectivity index (χ1v) is 7.88. The number of phenols is 1. The highest BCUT2D eigenvalue weighted by atomic mass is 16.5. The van der Waals surface area contributed by atoms with Crippen molar-refractivity contribution in [1.82, 2.24) is 5.43 Å². The number of benzene rings is 2. The van der Waals surface area contributed by atoms with Gasteiger partial charge < -0.3 is 20.0 Å². The molecule has 0 saturated heterocycles. The molecular formula is C19H22N2O3. The van der Waals surface area contributed by atoms with Crippen molar-refractivity contribution in [2.75, 3.05) is 14.2 Å². The lowest BCUT2D eigenvalue weighted by Crippen LogP contribution is -2.10. The van der Waals surface area contributed by atoms with Gasteiger partial charge >= 0.3 is 0 Å². The van der Waals surface area contributed by atoms with Gasteiger partial charge in [-0.25, -0.2) is 0 Å². The zero-order valence-corrected chi connectivity index (χ0v) is 14.4. The lowest BCUT2D eigenvalue weighted by molar-refractivity contribution is 0.372. The maximum absolute atomic E-state index is 9.96. The van der Waals surface area contributed by atoms with Crippen molar-refractivity contribution < 1.29 is 14.6 Å². The van der Waals surface area contributed by atoms with Crippen LogP contribution in [0.3, 0.4) is 0 Å². The van der Waals surface area contributed by atoms with Crippen LogP contribution in [0.2, 0.25) is 0 Å². The summed E-state index contributed by atoms with van der Waals surface area (Å²) in [6.45, 7) is 4.12. The first kappa shape index (κ1) is 16.2. The van der Waals surface area contributed by atoms with Crippen molar-refractivity contribution in [3.05, 3.63) is 52.6 Å². The molecule has 0 aliphatic carbocycles. The fourth-order valence-electron chi connectivity index (χ4n) is 2.94. The Morgan fingerprint density at radius 2 is 1.83 bits per heavy atom. The fraction of sp³-hybridized carbons (Fsp3) is 0.316. The summed E-state index contributed by atoms with van der Waals surface area (Å²) in [5.41, 5.74) is 8.49. The number of aryl methyl sites for hydroxylation is 1. The number of hydrazone groups is 1. The second-order valence-electron chi connectivity index (χ2n) is 6.00. The Morgan fingerprint density at radius 1 is 1.08 bits per heavy atom. The quantitative estimate of drug-likeness (QED) is 0.903. The number of aromatic hydroxyl groups is 1. The second kappa shape index (κ2) is 6.43. The Hall–Kier alpha value is -2.69. The van der Waals surface area contributed by atoms with E-state index in [9.17, 15) is 5.11 Å². The molecule has 2 aromatic rings. The number of rotatable bonds is 4. The first-order valence-electron chi connectivity index (χ1n) is 7.88. The minimum Gasteiger partial charge on any atom is -0.504 e. The van der Waals surface area contributed by atoms with Crippen molar-refractivity contribution in [3.8, 4) is 17.2 Å². The highest BCUT2D eigenvalue weighted by Gasteiger charge is 2.23. The monoisotopic (exact) mass is 326 g/mol. The molecule has 0 saturated carbocycles. The fourth-order valence-corrected chi connectivity index (χ4v) is 2.94. The van der Waals surface area contributed by atoms with Crippen LogP contribution in [-0.4, -0.2) is 25.0 Å². The minimum atomic E-state index is 0.0319. The highest BCUT2D eigenvalue weighted by Crippen LogP contribution is 2.33. The number of phenolic OH excluding ortho intramolecular Hbond substituents is 1. The molecule has 1 heterocycles. The summed E-state index contributed by atoms with van der Waals surface area (Å²) in [5.74, 6) is 1.48. The lowest BCUT2D eigenvalue weighted by Gasteiger charge is -2.13. The van der Waals surface area contributed by atoms with Gasteiger partial charge in [-0.15, -0.1) is 0 Å². The summed E-state index contributed by atoms with van der Waals surface area (Å²) in [5, 5.41) is 14.4.